The third kappa shape index (κ3) is 7.32. The molecule has 0 heterocycles. The molecule has 0 saturated heterocycles. The molecule has 0 amide bonds. The summed E-state index contributed by atoms with van der Waals surface area (Å²) in [7, 11) is 0.169. The molecular weight excluding hydrogens is 508 g/mol. The van der Waals surface area contributed by atoms with E-state index in [1.54, 1.807) is 8.89 Å². The summed E-state index contributed by atoms with van der Waals surface area (Å²) in [6, 6.07) is 11.2. The Labute approximate surface area is 160 Å². The minimum absolute atomic E-state index is 0. The zero-order valence-corrected chi connectivity index (χ0v) is 19.4. The predicted octanol–water partition coefficient (Wildman–Crippen LogP) is -4.42. The van der Waals surface area contributed by atoms with E-state index < -0.39 is 22.9 Å². The molecule has 1 aliphatic carbocycles. The molecule has 1 unspecified atom stereocenters. The van der Waals surface area contributed by atoms with Crippen molar-refractivity contribution in [1.29, 1.82) is 0 Å². The number of hydrogen-bond acceptors (Lipinski definition) is 0. The smallest absolute Gasteiger partial charge is 1.00 e. The first kappa shape index (κ1) is 24.1. The number of rotatable bonds is 5. The summed E-state index contributed by atoms with van der Waals surface area (Å²) in [5.41, 5.74) is 1.58. The Morgan fingerprint density at radius 3 is 2.19 bits per heavy atom. The third-order valence-electron chi connectivity index (χ3n) is 3.25. The minimum Gasteiger partial charge on any atom is -1.00 e. The monoisotopic (exact) mass is 529 g/mol. The van der Waals surface area contributed by atoms with E-state index in [-0.39, 0.29) is 45.1 Å². The maximum Gasteiger partial charge on any atom is -1.00 e. The Morgan fingerprint density at radius 1 is 1.10 bits per heavy atom. The van der Waals surface area contributed by atoms with Crippen LogP contribution in [0.4, 0.5) is 0 Å². The molecule has 0 nitrogen and oxygen atoms in total. The van der Waals surface area contributed by atoms with Crippen LogP contribution in [0.15, 0.2) is 51.9 Å². The second-order valence-electron chi connectivity index (χ2n) is 5.39. The summed E-state index contributed by atoms with van der Waals surface area (Å²) < 4.78 is 2.27. The Bertz CT molecular complexity index is 460. The van der Waals surface area contributed by atoms with Crippen LogP contribution in [-0.2, 0) is 26.1 Å². The summed E-state index contributed by atoms with van der Waals surface area (Å²) >= 11 is -0.789. The van der Waals surface area contributed by atoms with E-state index in [4.69, 9.17) is 0 Å². The van der Waals surface area contributed by atoms with Crippen molar-refractivity contribution >= 4 is 7.92 Å². The molecule has 1 aromatic carbocycles. The molecule has 2 rings (SSSR count). The van der Waals surface area contributed by atoms with Gasteiger partial charge in [-0.15, -0.1) is 0 Å². The third-order valence-corrected chi connectivity index (χ3v) is 11.7. The van der Waals surface area contributed by atoms with Gasteiger partial charge in [0, 0.05) is 0 Å². The van der Waals surface area contributed by atoms with Gasteiger partial charge < -0.3 is 37.2 Å². The average molecular weight is 529 g/mol. The van der Waals surface area contributed by atoms with Gasteiger partial charge in [0.25, 0.3) is 0 Å². The Hall–Kier alpha value is 0.870. The van der Waals surface area contributed by atoms with Crippen LogP contribution in [0.3, 0.4) is 0 Å². The second-order valence-corrected chi connectivity index (χ2v) is 15.0. The Morgan fingerprint density at radius 2 is 1.71 bits per heavy atom. The van der Waals surface area contributed by atoms with Crippen LogP contribution in [0.2, 0.25) is 0 Å². The summed E-state index contributed by atoms with van der Waals surface area (Å²) in [5.74, 6) is 0. The van der Waals surface area contributed by atoms with Crippen molar-refractivity contribution in [1.82, 2.24) is 0 Å². The van der Waals surface area contributed by atoms with Crippen LogP contribution in [0.1, 0.15) is 18.9 Å². The number of halogens is 3. The summed E-state index contributed by atoms with van der Waals surface area (Å²) in [4.78, 5) is 0. The van der Waals surface area contributed by atoms with Crippen molar-refractivity contribution in [2.24, 2.45) is 0 Å². The fraction of sp³-hybridized carbons (Fsp3) is 0.375. The Balaban J connectivity index is 0. The van der Waals surface area contributed by atoms with Gasteiger partial charge in [-0.1, -0.05) is 0 Å². The molecule has 5 heteroatoms. The fourth-order valence-corrected chi connectivity index (χ4v) is 13.4. The molecule has 1 aliphatic rings. The zero-order valence-electron chi connectivity index (χ0n) is 12.6. The van der Waals surface area contributed by atoms with E-state index in [9.17, 15) is 0 Å². The largest absolute Gasteiger partial charge is 1.00 e. The maximum absolute atomic E-state index is 2.52. The van der Waals surface area contributed by atoms with Crippen molar-refractivity contribution in [3.8, 4) is 0 Å². The average Bonchev–Trinajstić information content (AvgIpc) is 2.81. The van der Waals surface area contributed by atoms with E-state index in [1.807, 2.05) is 0 Å². The van der Waals surface area contributed by atoms with Crippen molar-refractivity contribution in [3.63, 3.8) is 0 Å². The zero-order chi connectivity index (χ0) is 13.0. The molecule has 0 saturated carbocycles. The maximum atomic E-state index is 2.52. The van der Waals surface area contributed by atoms with Crippen molar-refractivity contribution in [2.75, 3.05) is 19.5 Å². The molecule has 0 N–H and O–H groups in total. The molecule has 21 heavy (non-hydrogen) atoms. The van der Waals surface area contributed by atoms with Crippen LogP contribution in [0.25, 0.3) is 0 Å². The van der Waals surface area contributed by atoms with Crippen molar-refractivity contribution < 1.29 is 60.1 Å². The number of hydrogen-bond donors (Lipinski definition) is 0. The quantitative estimate of drug-likeness (QED) is 0.267. The minimum atomic E-state index is -0.789. The first-order valence-electron chi connectivity index (χ1n) is 6.44. The van der Waals surface area contributed by atoms with Gasteiger partial charge in [0.15, 0.2) is 0 Å². The molecule has 0 radical (unpaired) electrons. The number of benzene rings is 1. The SMILES string of the molecule is CP(C)C[C](C)([Hf+3][C]1=CC=CC1)c1ccccc1.[Cl-].[Cl-].[Cl-]. The van der Waals surface area contributed by atoms with Crippen LogP contribution in [0.5, 0.6) is 0 Å². The molecule has 1 aromatic rings. The van der Waals surface area contributed by atoms with Crippen LogP contribution >= 0.6 is 7.92 Å². The molecule has 0 aromatic heterocycles. The second kappa shape index (κ2) is 11.4. The molecule has 115 valence electrons. The molecule has 0 fully saturated rings. The van der Waals surface area contributed by atoms with Gasteiger partial charge in [-0.3, -0.25) is 0 Å². The van der Waals surface area contributed by atoms with E-state index >= 15 is 0 Å². The van der Waals surface area contributed by atoms with Gasteiger partial charge in [-0.25, -0.2) is 0 Å². The van der Waals surface area contributed by atoms with Crippen LogP contribution < -0.4 is 37.2 Å². The van der Waals surface area contributed by atoms with E-state index in [1.165, 1.54) is 12.6 Å². The van der Waals surface area contributed by atoms with Gasteiger partial charge in [0.2, 0.25) is 0 Å². The van der Waals surface area contributed by atoms with E-state index in [0.29, 0.717) is 3.17 Å². The van der Waals surface area contributed by atoms with Gasteiger partial charge >= 0.3 is 124 Å². The van der Waals surface area contributed by atoms with Gasteiger partial charge in [-0.05, 0) is 0 Å². The fourth-order valence-electron chi connectivity index (χ4n) is 2.54. The molecule has 0 spiro atoms. The summed E-state index contributed by atoms with van der Waals surface area (Å²) in [6.45, 7) is 7.36. The van der Waals surface area contributed by atoms with E-state index in [2.05, 4.69) is 68.8 Å². The Kier molecular flexibility index (Phi) is 13.1. The predicted molar refractivity (Wildman–Crippen MR) is 79.3 cm³/mol. The van der Waals surface area contributed by atoms with Gasteiger partial charge in [-0.2, -0.15) is 0 Å². The van der Waals surface area contributed by atoms with Gasteiger partial charge in [0.1, 0.15) is 0 Å². The number of allylic oxidation sites excluding steroid dienone is 4. The summed E-state index contributed by atoms with van der Waals surface area (Å²) in [5, 5.41) is 0. The normalized spacial score (nSPS) is 15.0. The topological polar surface area (TPSA) is 0 Å². The van der Waals surface area contributed by atoms with Crippen LogP contribution in [-0.4, -0.2) is 19.5 Å². The molecule has 0 bridgehead atoms. The van der Waals surface area contributed by atoms with E-state index in [0.717, 1.165) is 0 Å². The molecule has 1 atom stereocenters. The standard InChI is InChI=1S/C11H16P.C5H5.3ClH.Hf/c1-10(9-12(2)3)11-7-5-4-6-8-11;1-2-4-5-3-1;;;;/h4-8H,9H2,1-3H3;1-3H,4H2;3*1H;/q;;;;;+3/p-3. The van der Waals surface area contributed by atoms with Gasteiger partial charge in [0.05, 0.1) is 0 Å². The first-order chi connectivity index (χ1) is 8.60. The molecular formula is C16H21Cl3HfP. The molecule has 0 aliphatic heterocycles. The van der Waals surface area contributed by atoms with Crippen molar-refractivity contribution in [3.05, 3.63) is 57.5 Å². The van der Waals surface area contributed by atoms with Crippen LogP contribution in [0, 0.1) is 0 Å². The first-order valence-corrected chi connectivity index (χ1v) is 12.5. The van der Waals surface area contributed by atoms with Crippen molar-refractivity contribution in [2.45, 2.75) is 16.5 Å². The summed E-state index contributed by atoms with van der Waals surface area (Å²) in [6.07, 6.45) is 9.57.